The van der Waals surface area contributed by atoms with Gasteiger partial charge in [-0.2, -0.15) is 0 Å². The molecule has 0 aliphatic heterocycles. The Balaban J connectivity index is 1.82. The number of amides is 1. The van der Waals surface area contributed by atoms with E-state index in [1.54, 1.807) is 37.6 Å². The predicted molar refractivity (Wildman–Crippen MR) is 98.8 cm³/mol. The molecule has 8 heteroatoms. The number of aromatic amines is 1. The van der Waals surface area contributed by atoms with Crippen LogP contribution in [0.4, 0.5) is 0 Å². The summed E-state index contributed by atoms with van der Waals surface area (Å²) in [6.45, 7) is 0.157. The van der Waals surface area contributed by atoms with Crippen molar-refractivity contribution in [3.63, 3.8) is 0 Å². The minimum Gasteiger partial charge on any atom is -0.496 e. The Morgan fingerprint density at radius 3 is 2.70 bits per heavy atom. The number of nitrogens with zero attached hydrogens (tertiary/aromatic N) is 2. The average Bonchev–Trinajstić information content (AvgIpc) is 2.70. The molecule has 0 aliphatic rings. The lowest BCUT2D eigenvalue weighted by Gasteiger charge is -2.10. The largest absolute Gasteiger partial charge is 0.496 e. The van der Waals surface area contributed by atoms with E-state index in [4.69, 9.17) is 4.74 Å². The number of rotatable bonds is 6. The lowest BCUT2D eigenvalue weighted by atomic mass is 10.2. The smallest absolute Gasteiger partial charge is 0.328 e. The van der Waals surface area contributed by atoms with Gasteiger partial charge in [-0.1, -0.05) is 24.3 Å². The van der Waals surface area contributed by atoms with Crippen LogP contribution in [0.1, 0.15) is 21.6 Å². The van der Waals surface area contributed by atoms with Crippen molar-refractivity contribution in [2.45, 2.75) is 13.1 Å². The standard InChI is InChI=1S/C19H18N4O4/c1-27-16-8-3-2-6-13(16)10-21-17(24)15-11-22-19(26)23(18(15)25)12-14-7-4-5-9-20-14/h2-9,11H,10,12H2,1H3,(H,21,24)(H,22,26). The van der Waals surface area contributed by atoms with Crippen LogP contribution in [-0.2, 0) is 13.1 Å². The molecule has 3 rings (SSSR count). The van der Waals surface area contributed by atoms with Gasteiger partial charge in [-0.3, -0.25) is 19.1 Å². The fourth-order valence-electron chi connectivity index (χ4n) is 2.59. The zero-order valence-electron chi connectivity index (χ0n) is 14.6. The first-order valence-electron chi connectivity index (χ1n) is 8.22. The topological polar surface area (TPSA) is 106 Å². The molecule has 2 aromatic heterocycles. The average molecular weight is 366 g/mol. The molecular formula is C19H18N4O4. The Bertz CT molecular complexity index is 1060. The van der Waals surface area contributed by atoms with Crippen molar-refractivity contribution in [1.82, 2.24) is 19.9 Å². The molecule has 0 aliphatic carbocycles. The molecular weight excluding hydrogens is 348 g/mol. The van der Waals surface area contributed by atoms with E-state index in [0.29, 0.717) is 11.4 Å². The second-order valence-corrected chi connectivity index (χ2v) is 5.71. The molecule has 138 valence electrons. The van der Waals surface area contributed by atoms with Crippen LogP contribution in [0.15, 0.2) is 64.4 Å². The Kier molecular flexibility index (Phi) is 5.46. The van der Waals surface area contributed by atoms with Gasteiger partial charge in [-0.05, 0) is 18.2 Å². The van der Waals surface area contributed by atoms with Crippen LogP contribution in [0.3, 0.4) is 0 Å². The van der Waals surface area contributed by atoms with E-state index in [-0.39, 0.29) is 18.7 Å². The molecule has 27 heavy (non-hydrogen) atoms. The van der Waals surface area contributed by atoms with Crippen molar-refractivity contribution < 1.29 is 9.53 Å². The van der Waals surface area contributed by atoms with Gasteiger partial charge in [0.15, 0.2) is 0 Å². The number of ether oxygens (including phenoxy) is 1. The summed E-state index contributed by atoms with van der Waals surface area (Å²) >= 11 is 0. The number of aromatic nitrogens is 3. The summed E-state index contributed by atoms with van der Waals surface area (Å²) < 4.78 is 6.18. The fourth-order valence-corrected chi connectivity index (χ4v) is 2.59. The molecule has 2 N–H and O–H groups in total. The first-order chi connectivity index (χ1) is 13.1. The van der Waals surface area contributed by atoms with Gasteiger partial charge in [-0.25, -0.2) is 4.79 Å². The minimum atomic E-state index is -0.679. The summed E-state index contributed by atoms with van der Waals surface area (Å²) in [5, 5.41) is 2.67. The van der Waals surface area contributed by atoms with Crippen molar-refractivity contribution in [2.75, 3.05) is 7.11 Å². The molecule has 0 radical (unpaired) electrons. The van der Waals surface area contributed by atoms with E-state index in [1.165, 1.54) is 0 Å². The monoisotopic (exact) mass is 366 g/mol. The molecule has 1 amide bonds. The van der Waals surface area contributed by atoms with Crippen molar-refractivity contribution in [2.24, 2.45) is 0 Å². The number of para-hydroxylation sites is 1. The molecule has 8 nitrogen and oxygen atoms in total. The van der Waals surface area contributed by atoms with E-state index in [2.05, 4.69) is 15.3 Å². The number of hydrogen-bond acceptors (Lipinski definition) is 5. The SMILES string of the molecule is COc1ccccc1CNC(=O)c1c[nH]c(=O)n(Cc2ccccn2)c1=O. The molecule has 0 saturated carbocycles. The van der Waals surface area contributed by atoms with Gasteiger partial charge < -0.3 is 15.0 Å². The zero-order chi connectivity index (χ0) is 19.2. The number of carbonyl (C=O) groups is 1. The molecule has 0 saturated heterocycles. The maximum absolute atomic E-state index is 12.6. The number of H-pyrrole nitrogens is 1. The van der Waals surface area contributed by atoms with Crippen LogP contribution >= 0.6 is 0 Å². The van der Waals surface area contributed by atoms with Gasteiger partial charge in [0.2, 0.25) is 0 Å². The number of hydrogen-bond donors (Lipinski definition) is 2. The Morgan fingerprint density at radius 1 is 1.19 bits per heavy atom. The van der Waals surface area contributed by atoms with Gasteiger partial charge in [0.05, 0.1) is 19.3 Å². The maximum atomic E-state index is 12.6. The number of nitrogens with one attached hydrogen (secondary N) is 2. The van der Waals surface area contributed by atoms with Crippen molar-refractivity contribution in [3.05, 3.63) is 92.5 Å². The van der Waals surface area contributed by atoms with Crippen molar-refractivity contribution in [3.8, 4) is 5.75 Å². The number of pyridine rings is 1. The third-order valence-corrected chi connectivity index (χ3v) is 3.98. The third-order valence-electron chi connectivity index (χ3n) is 3.98. The van der Waals surface area contributed by atoms with Gasteiger partial charge >= 0.3 is 5.69 Å². The number of benzene rings is 1. The highest BCUT2D eigenvalue weighted by Crippen LogP contribution is 2.16. The van der Waals surface area contributed by atoms with Crippen LogP contribution in [0, 0.1) is 0 Å². The normalized spacial score (nSPS) is 10.4. The molecule has 0 bridgehead atoms. The highest BCUT2D eigenvalue weighted by Gasteiger charge is 2.15. The Morgan fingerprint density at radius 2 is 1.96 bits per heavy atom. The lowest BCUT2D eigenvalue weighted by molar-refractivity contribution is 0.0948. The summed E-state index contributed by atoms with van der Waals surface area (Å²) in [5.41, 5.74) is -0.127. The molecule has 0 spiro atoms. The molecule has 3 aromatic rings. The minimum absolute atomic E-state index is 0.0252. The second-order valence-electron chi connectivity index (χ2n) is 5.71. The second kappa shape index (κ2) is 8.13. The summed E-state index contributed by atoms with van der Waals surface area (Å²) in [6.07, 6.45) is 2.69. The Labute approximate surface area is 154 Å². The molecule has 0 atom stereocenters. The molecule has 2 heterocycles. The van der Waals surface area contributed by atoms with E-state index in [9.17, 15) is 14.4 Å². The van der Waals surface area contributed by atoms with E-state index in [1.807, 2.05) is 18.2 Å². The van der Waals surface area contributed by atoms with Crippen molar-refractivity contribution >= 4 is 5.91 Å². The summed E-state index contributed by atoms with van der Waals surface area (Å²) in [7, 11) is 1.54. The molecule has 1 aromatic carbocycles. The zero-order valence-corrected chi connectivity index (χ0v) is 14.6. The molecule has 0 unspecified atom stereocenters. The Hall–Kier alpha value is -3.68. The summed E-state index contributed by atoms with van der Waals surface area (Å²) in [5.74, 6) is 0.0451. The number of carbonyl (C=O) groups excluding carboxylic acids is 1. The maximum Gasteiger partial charge on any atom is 0.328 e. The summed E-state index contributed by atoms with van der Waals surface area (Å²) in [6, 6.07) is 12.4. The first kappa shape index (κ1) is 18.1. The molecule has 0 fully saturated rings. The first-order valence-corrected chi connectivity index (χ1v) is 8.22. The van der Waals surface area contributed by atoms with Crippen LogP contribution in [0.5, 0.6) is 5.75 Å². The van der Waals surface area contributed by atoms with Crippen LogP contribution in [0.25, 0.3) is 0 Å². The van der Waals surface area contributed by atoms with Crippen LogP contribution in [-0.4, -0.2) is 27.6 Å². The van der Waals surface area contributed by atoms with Gasteiger partial charge in [0.25, 0.3) is 11.5 Å². The van der Waals surface area contributed by atoms with Gasteiger partial charge in [-0.15, -0.1) is 0 Å². The van der Waals surface area contributed by atoms with Crippen LogP contribution < -0.4 is 21.3 Å². The van der Waals surface area contributed by atoms with E-state index in [0.717, 1.165) is 16.3 Å². The highest BCUT2D eigenvalue weighted by molar-refractivity contribution is 5.93. The predicted octanol–water partition coefficient (Wildman–Crippen LogP) is 0.918. The van der Waals surface area contributed by atoms with Crippen molar-refractivity contribution in [1.29, 1.82) is 0 Å². The quantitative estimate of drug-likeness (QED) is 0.675. The summed E-state index contributed by atoms with van der Waals surface area (Å²) in [4.78, 5) is 43.6. The van der Waals surface area contributed by atoms with Crippen LogP contribution in [0.2, 0.25) is 0 Å². The van der Waals surface area contributed by atoms with Gasteiger partial charge in [0.1, 0.15) is 11.3 Å². The highest BCUT2D eigenvalue weighted by atomic mass is 16.5. The van der Waals surface area contributed by atoms with E-state index >= 15 is 0 Å². The van der Waals surface area contributed by atoms with Gasteiger partial charge in [0, 0.05) is 24.5 Å². The fraction of sp³-hybridized carbons (Fsp3) is 0.158. The number of methoxy groups -OCH3 is 1. The van der Waals surface area contributed by atoms with E-state index < -0.39 is 17.2 Å². The third kappa shape index (κ3) is 4.12. The lowest BCUT2D eigenvalue weighted by Crippen LogP contribution is -2.40.